The van der Waals surface area contributed by atoms with Gasteiger partial charge < -0.3 is 15.4 Å². The third-order valence-corrected chi connectivity index (χ3v) is 3.29. The topological polar surface area (TPSA) is 74.2 Å². The van der Waals surface area contributed by atoms with Gasteiger partial charge >= 0.3 is 0 Å². The van der Waals surface area contributed by atoms with Gasteiger partial charge in [-0.05, 0) is 35.9 Å². The maximum absolute atomic E-state index is 11.9. The van der Waals surface area contributed by atoms with Crippen molar-refractivity contribution in [2.24, 2.45) is 0 Å². The molecule has 0 aromatic heterocycles. The molecule has 23 heavy (non-hydrogen) atoms. The maximum atomic E-state index is 11.9. The molecule has 0 heterocycles. The van der Waals surface area contributed by atoms with E-state index in [0.29, 0.717) is 30.8 Å². The molecule has 0 atom stereocenters. The molecule has 2 N–H and O–H groups in total. The summed E-state index contributed by atoms with van der Waals surface area (Å²) in [5.74, 6) is 0.745. The van der Waals surface area contributed by atoms with E-state index in [0.717, 1.165) is 11.3 Å². The second kappa shape index (κ2) is 8.57. The number of rotatable bonds is 7. The molecule has 118 valence electrons. The number of nitriles is 1. The summed E-state index contributed by atoms with van der Waals surface area (Å²) in [6.45, 7) is 1.27. The summed E-state index contributed by atoms with van der Waals surface area (Å²) in [5, 5.41) is 14.8. The average Bonchev–Trinajstić information content (AvgIpc) is 2.59. The van der Waals surface area contributed by atoms with Gasteiger partial charge in [0.05, 0.1) is 18.7 Å². The van der Waals surface area contributed by atoms with Crippen LogP contribution >= 0.6 is 0 Å². The van der Waals surface area contributed by atoms with Gasteiger partial charge in [0, 0.05) is 25.2 Å². The number of methoxy groups -OCH3 is 1. The quantitative estimate of drug-likeness (QED) is 0.771. The van der Waals surface area contributed by atoms with E-state index in [4.69, 9.17) is 10.00 Å². The Bertz CT molecular complexity index is 690. The van der Waals surface area contributed by atoms with Crippen molar-refractivity contribution in [1.29, 1.82) is 5.26 Å². The second-order valence-electron chi connectivity index (χ2n) is 5.02. The molecule has 2 aromatic rings. The monoisotopic (exact) mass is 309 g/mol. The molecule has 2 aromatic carbocycles. The predicted molar refractivity (Wildman–Crippen MR) is 89.1 cm³/mol. The van der Waals surface area contributed by atoms with Gasteiger partial charge in [-0.15, -0.1) is 0 Å². The first kappa shape index (κ1) is 16.5. The average molecular weight is 309 g/mol. The number of ether oxygens (including phenoxy) is 1. The van der Waals surface area contributed by atoms with Gasteiger partial charge in [-0.25, -0.2) is 0 Å². The first-order valence-corrected chi connectivity index (χ1v) is 7.35. The zero-order valence-corrected chi connectivity index (χ0v) is 13.0. The Hall–Kier alpha value is -2.84. The van der Waals surface area contributed by atoms with E-state index in [1.807, 2.05) is 30.3 Å². The number of nitrogens with zero attached hydrogens (tertiary/aromatic N) is 1. The normalized spacial score (nSPS) is 9.91. The van der Waals surface area contributed by atoms with Crippen LogP contribution in [0.5, 0.6) is 5.75 Å². The predicted octanol–water partition coefficient (Wildman–Crippen LogP) is 2.69. The van der Waals surface area contributed by atoms with Gasteiger partial charge in [0.15, 0.2) is 0 Å². The summed E-state index contributed by atoms with van der Waals surface area (Å²) in [4.78, 5) is 11.9. The van der Waals surface area contributed by atoms with Crippen LogP contribution in [0.1, 0.15) is 17.5 Å². The summed E-state index contributed by atoms with van der Waals surface area (Å²) in [6, 6.07) is 16.7. The highest BCUT2D eigenvalue weighted by atomic mass is 16.5. The minimum atomic E-state index is -0.0812. The van der Waals surface area contributed by atoms with E-state index >= 15 is 0 Å². The zero-order chi connectivity index (χ0) is 16.5. The maximum Gasteiger partial charge on any atom is 0.225 e. The van der Waals surface area contributed by atoms with Gasteiger partial charge in [-0.1, -0.05) is 18.2 Å². The van der Waals surface area contributed by atoms with E-state index < -0.39 is 0 Å². The van der Waals surface area contributed by atoms with Gasteiger partial charge in [-0.2, -0.15) is 5.26 Å². The van der Waals surface area contributed by atoms with Crippen LogP contribution in [0.3, 0.4) is 0 Å². The fraction of sp³-hybridized carbons (Fsp3) is 0.222. The molecule has 1 amide bonds. The third-order valence-electron chi connectivity index (χ3n) is 3.29. The number of nitrogens with one attached hydrogen (secondary N) is 2. The smallest absolute Gasteiger partial charge is 0.225 e. The molecule has 0 fully saturated rings. The van der Waals surface area contributed by atoms with E-state index in [2.05, 4.69) is 10.6 Å². The Labute approximate surface area is 135 Å². The van der Waals surface area contributed by atoms with Crippen molar-refractivity contribution in [1.82, 2.24) is 5.32 Å². The number of benzene rings is 2. The van der Waals surface area contributed by atoms with Crippen LogP contribution in [0.4, 0.5) is 5.69 Å². The number of hydrogen-bond donors (Lipinski definition) is 2. The van der Waals surface area contributed by atoms with E-state index in [1.165, 1.54) is 0 Å². The summed E-state index contributed by atoms with van der Waals surface area (Å²) >= 11 is 0. The molecule has 0 aliphatic heterocycles. The molecule has 0 aliphatic carbocycles. The Morgan fingerprint density at radius 2 is 2.00 bits per heavy atom. The van der Waals surface area contributed by atoms with Crippen molar-refractivity contribution >= 4 is 11.6 Å². The summed E-state index contributed by atoms with van der Waals surface area (Å²) in [6.07, 6.45) is 0.368. The minimum absolute atomic E-state index is 0.0812. The standard InChI is InChI=1S/C18H19N3O2/c1-23-17-7-5-14(6-8-17)13-20-10-9-18(22)21-16-4-2-3-15(11-16)12-19/h2-8,11,20H,9-10,13H2,1H3,(H,21,22). The fourth-order valence-corrected chi connectivity index (χ4v) is 2.07. The minimum Gasteiger partial charge on any atom is -0.497 e. The van der Waals surface area contributed by atoms with Crippen LogP contribution < -0.4 is 15.4 Å². The molecule has 0 spiro atoms. The molecule has 5 heteroatoms. The third kappa shape index (κ3) is 5.46. The molecule has 0 aliphatic rings. The number of hydrogen-bond acceptors (Lipinski definition) is 4. The van der Waals surface area contributed by atoms with Gasteiger partial charge in [0.2, 0.25) is 5.91 Å². The molecule has 0 bridgehead atoms. The van der Waals surface area contributed by atoms with Crippen LogP contribution in [0.15, 0.2) is 48.5 Å². The number of amides is 1. The Kier molecular flexibility index (Phi) is 6.16. The first-order valence-electron chi connectivity index (χ1n) is 7.35. The van der Waals surface area contributed by atoms with Gasteiger partial charge in [-0.3, -0.25) is 4.79 Å². The van der Waals surface area contributed by atoms with Crippen LogP contribution in [0.25, 0.3) is 0 Å². The second-order valence-corrected chi connectivity index (χ2v) is 5.02. The van der Waals surface area contributed by atoms with Crippen molar-refractivity contribution in [2.75, 3.05) is 19.0 Å². The number of carbonyl (C=O) groups is 1. The molecule has 2 rings (SSSR count). The molecular formula is C18H19N3O2. The lowest BCUT2D eigenvalue weighted by Gasteiger charge is -2.07. The van der Waals surface area contributed by atoms with Gasteiger partial charge in [0.1, 0.15) is 5.75 Å². The highest BCUT2D eigenvalue weighted by Gasteiger charge is 2.03. The molecule has 0 saturated heterocycles. The Balaban J connectivity index is 1.71. The highest BCUT2D eigenvalue weighted by molar-refractivity contribution is 5.90. The zero-order valence-electron chi connectivity index (χ0n) is 13.0. The summed E-state index contributed by atoms with van der Waals surface area (Å²) < 4.78 is 5.11. The van der Waals surface area contributed by atoms with Crippen molar-refractivity contribution in [2.45, 2.75) is 13.0 Å². The van der Waals surface area contributed by atoms with Gasteiger partial charge in [0.25, 0.3) is 0 Å². The first-order chi connectivity index (χ1) is 11.2. The van der Waals surface area contributed by atoms with E-state index in [-0.39, 0.29) is 5.91 Å². The molecule has 0 radical (unpaired) electrons. The molecule has 0 unspecified atom stereocenters. The summed E-state index contributed by atoms with van der Waals surface area (Å²) in [5.41, 5.74) is 2.30. The largest absolute Gasteiger partial charge is 0.497 e. The lowest BCUT2D eigenvalue weighted by Crippen LogP contribution is -2.21. The van der Waals surface area contributed by atoms with Crippen molar-refractivity contribution < 1.29 is 9.53 Å². The highest BCUT2D eigenvalue weighted by Crippen LogP contribution is 2.11. The van der Waals surface area contributed by atoms with Crippen LogP contribution in [-0.4, -0.2) is 19.6 Å². The lowest BCUT2D eigenvalue weighted by molar-refractivity contribution is -0.116. The number of anilines is 1. The van der Waals surface area contributed by atoms with Crippen molar-refractivity contribution in [3.63, 3.8) is 0 Å². The molecular weight excluding hydrogens is 290 g/mol. The van der Waals surface area contributed by atoms with E-state index in [9.17, 15) is 4.79 Å². The SMILES string of the molecule is COc1ccc(CNCCC(=O)Nc2cccc(C#N)c2)cc1. The fourth-order valence-electron chi connectivity index (χ4n) is 2.07. The molecule has 0 saturated carbocycles. The lowest BCUT2D eigenvalue weighted by atomic mass is 10.2. The Morgan fingerprint density at radius 3 is 2.70 bits per heavy atom. The van der Waals surface area contributed by atoms with E-state index in [1.54, 1.807) is 31.4 Å². The van der Waals surface area contributed by atoms with Crippen LogP contribution in [-0.2, 0) is 11.3 Å². The van der Waals surface area contributed by atoms with Crippen LogP contribution in [0, 0.1) is 11.3 Å². The number of carbonyl (C=O) groups excluding carboxylic acids is 1. The van der Waals surface area contributed by atoms with Crippen molar-refractivity contribution in [3.05, 3.63) is 59.7 Å². The van der Waals surface area contributed by atoms with Crippen molar-refractivity contribution in [3.8, 4) is 11.8 Å². The van der Waals surface area contributed by atoms with Crippen LogP contribution in [0.2, 0.25) is 0 Å². The molecule has 5 nitrogen and oxygen atoms in total. The summed E-state index contributed by atoms with van der Waals surface area (Å²) in [7, 11) is 1.64. The Morgan fingerprint density at radius 1 is 1.22 bits per heavy atom.